The van der Waals surface area contributed by atoms with Crippen LogP contribution in [0.15, 0.2) is 0 Å². The Morgan fingerprint density at radius 3 is 2.30 bits per heavy atom. The molecule has 6 fully saturated rings. The van der Waals surface area contributed by atoms with E-state index >= 15 is 0 Å². The summed E-state index contributed by atoms with van der Waals surface area (Å²) < 4.78 is 12.2. The van der Waals surface area contributed by atoms with E-state index in [1.807, 2.05) is 20.8 Å². The highest BCUT2D eigenvalue weighted by Crippen LogP contribution is 2.64. The van der Waals surface area contributed by atoms with Gasteiger partial charge in [0.05, 0.1) is 0 Å². The second kappa shape index (κ2) is 5.83. The zero-order valence-corrected chi connectivity index (χ0v) is 16.8. The fourth-order valence-electron chi connectivity index (χ4n) is 6.64. The van der Waals surface area contributed by atoms with Crippen LogP contribution in [-0.4, -0.2) is 28.8 Å². The first-order valence-electron chi connectivity index (χ1n) is 10.8. The van der Waals surface area contributed by atoms with Gasteiger partial charge >= 0.3 is 6.09 Å². The molecule has 5 saturated carbocycles. The number of carbonyl (C=O) groups is 1. The Morgan fingerprint density at radius 1 is 1.00 bits per heavy atom. The molecule has 6 rings (SSSR count). The minimum absolute atomic E-state index is 0.181. The molecule has 2 unspecified atom stereocenters. The molecule has 5 aliphatic carbocycles. The van der Waals surface area contributed by atoms with Gasteiger partial charge in [-0.3, -0.25) is 0 Å². The summed E-state index contributed by atoms with van der Waals surface area (Å²) in [4.78, 5) is 24.5. The van der Waals surface area contributed by atoms with Crippen LogP contribution in [0, 0.1) is 17.8 Å². The van der Waals surface area contributed by atoms with Gasteiger partial charge in [-0.1, -0.05) is 6.42 Å². The SMILES string of the molecule is CC(C)(C)OC(=O)NC12CC3CC(C1)C1(OOC4(CCCCC4)O1)C(C3)C2. The van der Waals surface area contributed by atoms with E-state index in [4.69, 9.17) is 19.2 Å². The molecule has 0 aromatic carbocycles. The van der Waals surface area contributed by atoms with Crippen molar-refractivity contribution in [2.75, 3.05) is 0 Å². The van der Waals surface area contributed by atoms with Crippen molar-refractivity contribution >= 4 is 6.09 Å². The van der Waals surface area contributed by atoms with Crippen molar-refractivity contribution in [1.82, 2.24) is 5.32 Å². The van der Waals surface area contributed by atoms with E-state index in [1.165, 1.54) is 6.42 Å². The molecule has 2 spiro atoms. The van der Waals surface area contributed by atoms with Crippen LogP contribution < -0.4 is 5.32 Å². The minimum Gasteiger partial charge on any atom is -0.444 e. The predicted molar refractivity (Wildman–Crippen MR) is 97.5 cm³/mol. The molecule has 0 aromatic rings. The highest BCUT2D eigenvalue weighted by molar-refractivity contribution is 5.69. The van der Waals surface area contributed by atoms with Gasteiger partial charge in [0.15, 0.2) is 0 Å². The molecule has 1 heterocycles. The Morgan fingerprint density at radius 2 is 1.67 bits per heavy atom. The summed E-state index contributed by atoms with van der Waals surface area (Å²) in [5, 5.41) is 3.25. The molecule has 1 N–H and O–H groups in total. The van der Waals surface area contributed by atoms with E-state index in [9.17, 15) is 4.79 Å². The number of nitrogens with one attached hydrogen (secondary N) is 1. The van der Waals surface area contributed by atoms with Crippen molar-refractivity contribution in [3.8, 4) is 0 Å². The monoisotopic (exact) mass is 379 g/mol. The summed E-state index contributed by atoms with van der Waals surface area (Å²) in [7, 11) is 0. The zero-order valence-electron chi connectivity index (χ0n) is 16.8. The Bertz CT molecular complexity index is 605. The number of rotatable bonds is 1. The maximum absolute atomic E-state index is 12.5. The normalized spacial score (nSPS) is 44.8. The van der Waals surface area contributed by atoms with Crippen molar-refractivity contribution in [3.63, 3.8) is 0 Å². The average molecular weight is 379 g/mol. The molecule has 152 valence electrons. The molecular weight excluding hydrogens is 346 g/mol. The average Bonchev–Trinajstić information content (AvgIpc) is 2.91. The van der Waals surface area contributed by atoms with Gasteiger partial charge in [-0.25, -0.2) is 4.79 Å². The molecule has 0 aromatic heterocycles. The molecule has 1 saturated heterocycles. The third-order valence-corrected chi connectivity index (χ3v) is 7.38. The van der Waals surface area contributed by atoms with Crippen molar-refractivity contribution in [2.45, 2.75) is 108 Å². The standard InChI is InChI=1S/C21H33NO5/c1-18(2,3)24-17(23)22-19-11-14-9-15(12-19)21(16(10-14)13-19)25-20(26-27-21)7-5-4-6-8-20/h14-16H,4-13H2,1-3H3,(H,22,23). The highest BCUT2D eigenvalue weighted by Gasteiger charge is 2.70. The highest BCUT2D eigenvalue weighted by atomic mass is 17.3. The lowest BCUT2D eigenvalue weighted by atomic mass is 9.50. The lowest BCUT2D eigenvalue weighted by Gasteiger charge is -2.62. The lowest BCUT2D eigenvalue weighted by Crippen LogP contribution is -2.69. The van der Waals surface area contributed by atoms with E-state index in [-0.39, 0.29) is 23.5 Å². The van der Waals surface area contributed by atoms with Gasteiger partial charge in [0, 0.05) is 30.2 Å². The molecule has 6 heteroatoms. The molecular formula is C21H33NO5. The fraction of sp³-hybridized carbons (Fsp3) is 0.952. The Kier molecular flexibility index (Phi) is 3.93. The molecule has 4 bridgehead atoms. The third kappa shape index (κ3) is 2.99. The van der Waals surface area contributed by atoms with Crippen LogP contribution in [0.25, 0.3) is 0 Å². The van der Waals surface area contributed by atoms with Gasteiger partial charge in [0.2, 0.25) is 11.6 Å². The van der Waals surface area contributed by atoms with Crippen LogP contribution in [-0.2, 0) is 19.2 Å². The first-order chi connectivity index (χ1) is 12.7. The minimum atomic E-state index is -0.604. The molecule has 6 nitrogen and oxygen atoms in total. The Hall–Kier alpha value is -0.850. The molecule has 6 aliphatic rings. The van der Waals surface area contributed by atoms with Gasteiger partial charge in [0.25, 0.3) is 0 Å². The molecule has 1 amide bonds. The molecule has 1 aliphatic heterocycles. The topological polar surface area (TPSA) is 66.0 Å². The third-order valence-electron chi connectivity index (χ3n) is 7.38. The number of hydrogen-bond donors (Lipinski definition) is 1. The predicted octanol–water partition coefficient (Wildman–Crippen LogP) is 4.42. The maximum atomic E-state index is 12.5. The van der Waals surface area contributed by atoms with Crippen LogP contribution >= 0.6 is 0 Å². The second-order valence-corrected chi connectivity index (χ2v) is 10.7. The van der Waals surface area contributed by atoms with E-state index in [2.05, 4.69) is 5.32 Å². The summed E-state index contributed by atoms with van der Waals surface area (Å²) >= 11 is 0. The first-order valence-corrected chi connectivity index (χ1v) is 10.8. The van der Waals surface area contributed by atoms with E-state index in [1.54, 1.807) is 0 Å². The number of ether oxygens (including phenoxy) is 2. The van der Waals surface area contributed by atoms with E-state index < -0.39 is 17.2 Å². The van der Waals surface area contributed by atoms with Crippen LogP contribution in [0.1, 0.15) is 85.0 Å². The van der Waals surface area contributed by atoms with E-state index in [0.717, 1.165) is 57.8 Å². The largest absolute Gasteiger partial charge is 0.444 e. The van der Waals surface area contributed by atoms with Crippen LogP contribution in [0.4, 0.5) is 4.79 Å². The summed E-state index contributed by atoms with van der Waals surface area (Å²) in [5.41, 5.74) is -0.661. The number of amides is 1. The van der Waals surface area contributed by atoms with Crippen LogP contribution in [0.5, 0.6) is 0 Å². The Balaban J connectivity index is 1.34. The number of alkyl carbamates (subject to hydrolysis) is 1. The molecule has 2 atom stereocenters. The first kappa shape index (κ1) is 18.2. The summed E-state index contributed by atoms with van der Waals surface area (Å²) in [5.74, 6) is 0.0466. The van der Waals surface area contributed by atoms with Gasteiger partial charge < -0.3 is 14.8 Å². The molecule has 27 heavy (non-hydrogen) atoms. The van der Waals surface area contributed by atoms with Gasteiger partial charge in [-0.05, 0) is 71.6 Å². The molecule has 0 radical (unpaired) electrons. The quantitative estimate of drug-likeness (QED) is 0.683. The lowest BCUT2D eigenvalue weighted by molar-refractivity contribution is -0.391. The van der Waals surface area contributed by atoms with Gasteiger partial charge in [-0.2, -0.15) is 9.78 Å². The summed E-state index contributed by atoms with van der Waals surface area (Å²) in [6.45, 7) is 5.72. The van der Waals surface area contributed by atoms with Crippen molar-refractivity contribution < 1.29 is 24.0 Å². The Labute approximate surface area is 161 Å². The second-order valence-electron chi connectivity index (χ2n) is 10.7. The van der Waals surface area contributed by atoms with Crippen molar-refractivity contribution in [3.05, 3.63) is 0 Å². The number of carbonyl (C=O) groups excluding carboxylic acids is 1. The smallest absolute Gasteiger partial charge is 0.408 e. The van der Waals surface area contributed by atoms with Crippen molar-refractivity contribution in [1.29, 1.82) is 0 Å². The zero-order chi connectivity index (χ0) is 18.9. The van der Waals surface area contributed by atoms with Gasteiger partial charge in [0.1, 0.15) is 5.60 Å². The maximum Gasteiger partial charge on any atom is 0.408 e. The van der Waals surface area contributed by atoms with Crippen molar-refractivity contribution in [2.24, 2.45) is 17.8 Å². The fourth-order valence-corrected chi connectivity index (χ4v) is 6.64. The van der Waals surface area contributed by atoms with Crippen LogP contribution in [0.2, 0.25) is 0 Å². The van der Waals surface area contributed by atoms with E-state index in [0.29, 0.717) is 5.92 Å². The number of hydrogen-bond acceptors (Lipinski definition) is 5. The summed E-state index contributed by atoms with van der Waals surface area (Å²) in [6.07, 6.45) is 10.1. The van der Waals surface area contributed by atoms with Gasteiger partial charge in [-0.15, -0.1) is 0 Å². The summed E-state index contributed by atoms with van der Waals surface area (Å²) in [6, 6.07) is 0. The van der Waals surface area contributed by atoms with Crippen LogP contribution in [0.3, 0.4) is 0 Å².